The zero-order valence-electron chi connectivity index (χ0n) is 48.9. The summed E-state index contributed by atoms with van der Waals surface area (Å²) in [6.45, 7) is 18.9. The van der Waals surface area contributed by atoms with Crippen LogP contribution in [0.1, 0.15) is 74.2 Å². The molecule has 0 spiro atoms. The first-order valence-corrected chi connectivity index (χ1v) is 30.4. The molecule has 5 N–H and O–H groups in total. The summed E-state index contributed by atoms with van der Waals surface area (Å²) in [7, 11) is 4.13. The average Bonchev–Trinajstić information content (AvgIpc) is 4.38. The minimum atomic E-state index is -0.757. The molecule has 3 aromatic carbocycles. The van der Waals surface area contributed by atoms with E-state index in [1.165, 1.54) is 11.3 Å². The van der Waals surface area contributed by atoms with E-state index in [4.69, 9.17) is 29.5 Å². The second-order valence-electron chi connectivity index (χ2n) is 20.6. The number of nitrogens with zero attached hydrogens (tertiary/aromatic N) is 7. The summed E-state index contributed by atoms with van der Waals surface area (Å²) in [6, 6.07) is 21.4. The van der Waals surface area contributed by atoms with E-state index in [2.05, 4.69) is 77.0 Å². The Balaban J connectivity index is 0.741. The van der Waals surface area contributed by atoms with Gasteiger partial charge in [0.2, 0.25) is 17.7 Å². The molecular weight excluding hydrogens is 1150 g/mol. The molecule has 2 aliphatic rings. The van der Waals surface area contributed by atoms with E-state index < -0.39 is 12.1 Å². The minimum absolute atomic E-state index is 0.0128. The number of benzene rings is 3. The van der Waals surface area contributed by atoms with Crippen molar-refractivity contribution in [1.82, 2.24) is 29.9 Å². The van der Waals surface area contributed by atoms with Crippen LogP contribution in [0.25, 0.3) is 0 Å². The highest BCUT2D eigenvalue weighted by atomic mass is 79.9. The second kappa shape index (κ2) is 36.8. The number of piperazine rings is 1. The van der Waals surface area contributed by atoms with Crippen molar-refractivity contribution in [3.63, 3.8) is 0 Å². The maximum atomic E-state index is 14.1. The molecule has 0 radical (unpaired) electrons. The van der Waals surface area contributed by atoms with Gasteiger partial charge in [0.25, 0.3) is 0 Å². The third-order valence-electron chi connectivity index (χ3n) is 14.0. The SMILES string of the molecule is C=C/C=C(\C=C)CNC(=O)C(c1ccc(Br)cc1)N(C(=O)CC(C)c1ccc(OCCCCN(C)CCOCCOCC/C(C=NCCOCCOc2ccc(NC(=O)Nc3nc(CC(=O)N4CCN(C)CC4)cs3)cc2)=N/N)cc1)C1CC1. The molecular formula is C62H84BrN11O9S. The Hall–Kier alpha value is -6.79. The highest BCUT2D eigenvalue weighted by molar-refractivity contribution is 9.10. The van der Waals surface area contributed by atoms with E-state index in [1.54, 1.807) is 59.0 Å². The van der Waals surface area contributed by atoms with E-state index in [0.717, 1.165) is 78.8 Å². The highest BCUT2D eigenvalue weighted by Gasteiger charge is 2.41. The lowest BCUT2D eigenvalue weighted by molar-refractivity contribution is -0.141. The molecule has 84 heavy (non-hydrogen) atoms. The molecule has 1 aliphatic heterocycles. The van der Waals surface area contributed by atoms with Crippen molar-refractivity contribution in [2.24, 2.45) is 15.9 Å². The Morgan fingerprint density at radius 3 is 2.19 bits per heavy atom. The Morgan fingerprint density at radius 1 is 0.833 bits per heavy atom. The average molecular weight is 1240 g/mol. The summed E-state index contributed by atoms with van der Waals surface area (Å²) in [5, 5.41) is 14.6. The Kier molecular flexibility index (Phi) is 29.1. The van der Waals surface area contributed by atoms with Gasteiger partial charge in [-0.05, 0) is 117 Å². The Bertz CT molecular complexity index is 2770. The molecule has 2 fully saturated rings. The van der Waals surface area contributed by atoms with Gasteiger partial charge in [0.1, 0.15) is 24.1 Å². The number of carbonyl (C=O) groups excluding carboxylic acids is 4. The number of nitrogens with two attached hydrogens (primary N) is 1. The first kappa shape index (κ1) is 66.4. The number of aromatic nitrogens is 1. The first-order chi connectivity index (χ1) is 40.8. The standard InChI is InChI=1S/C62H84BrN11O9S/c1-6-10-47(7-2)43-66-60(77)59(49-11-15-50(63)16-12-49)74(54-19-20-54)58(76)41-46(3)48-13-21-55(22-14-48)82-33-9-8-27-71(4)32-36-81-38-37-79-34-25-52(70-64)44-65-26-35-80-39-40-83-56-23-17-51(18-24-56)67-61(78)69-62-68-53(45-84-62)42-57(75)73-30-28-72(5)29-31-73/h6-7,10-18,21-24,44-46,54,59H,1-2,8-9,19-20,25-43,64H2,3-5H3,(H,66,77)(H2,67,68,69,78)/b47-10+,65-44?,70-52-. The van der Waals surface area contributed by atoms with E-state index in [1.807, 2.05) is 67.4 Å². The van der Waals surface area contributed by atoms with Crippen LogP contribution in [0, 0.1) is 0 Å². The highest BCUT2D eigenvalue weighted by Crippen LogP contribution is 2.37. The number of hydrogen-bond donors (Lipinski definition) is 4. The molecule has 454 valence electrons. The minimum Gasteiger partial charge on any atom is -0.494 e. The topological polar surface area (TPSA) is 227 Å². The third kappa shape index (κ3) is 24.1. The lowest BCUT2D eigenvalue weighted by Gasteiger charge is -2.32. The number of allylic oxidation sites excluding steroid dienone is 2. The van der Waals surface area contributed by atoms with Crippen molar-refractivity contribution in [3.05, 3.63) is 136 Å². The number of rotatable bonds is 38. The number of likely N-dealkylation sites (N-methyl/N-ethyl adjacent to an activating group) is 2. The summed E-state index contributed by atoms with van der Waals surface area (Å²) in [5.41, 5.74) is 4.47. The van der Waals surface area contributed by atoms with E-state index in [9.17, 15) is 19.2 Å². The number of hydrazone groups is 1. The van der Waals surface area contributed by atoms with Gasteiger partial charge in [-0.25, -0.2) is 9.78 Å². The van der Waals surface area contributed by atoms with Gasteiger partial charge in [-0.3, -0.25) is 24.7 Å². The summed E-state index contributed by atoms with van der Waals surface area (Å²) < 4.78 is 29.9. The number of urea groups is 1. The largest absolute Gasteiger partial charge is 0.494 e. The second-order valence-corrected chi connectivity index (χ2v) is 22.4. The maximum absolute atomic E-state index is 14.1. The van der Waals surface area contributed by atoms with Gasteiger partial charge in [0.15, 0.2) is 5.13 Å². The molecule has 1 aromatic heterocycles. The van der Waals surface area contributed by atoms with Crippen molar-refractivity contribution < 1.29 is 42.9 Å². The Morgan fingerprint density at radius 2 is 1.50 bits per heavy atom. The van der Waals surface area contributed by atoms with Gasteiger partial charge in [0, 0.05) is 79.9 Å². The lowest BCUT2D eigenvalue weighted by atomic mass is 9.95. The van der Waals surface area contributed by atoms with E-state index in [0.29, 0.717) is 107 Å². The number of halogens is 1. The molecule has 5 amide bonds. The van der Waals surface area contributed by atoms with E-state index >= 15 is 0 Å². The van der Waals surface area contributed by atoms with Crippen LogP contribution in [0.4, 0.5) is 15.6 Å². The number of carbonyl (C=O) groups is 4. The van der Waals surface area contributed by atoms with Crippen LogP contribution in [0.2, 0.25) is 0 Å². The number of nitrogens with one attached hydrogen (secondary N) is 3. The number of hydrogen-bond acceptors (Lipinski definition) is 16. The third-order valence-corrected chi connectivity index (χ3v) is 15.3. The van der Waals surface area contributed by atoms with Crippen LogP contribution in [0.5, 0.6) is 11.5 Å². The molecule has 22 heteroatoms. The fraction of sp³-hybridized carbons (Fsp3) is 0.468. The maximum Gasteiger partial charge on any atom is 0.325 e. The summed E-state index contributed by atoms with van der Waals surface area (Å²) in [4.78, 5) is 70.1. The number of ether oxygens (including phenoxy) is 5. The summed E-state index contributed by atoms with van der Waals surface area (Å²) in [6.07, 6.45) is 11.4. The zero-order valence-corrected chi connectivity index (χ0v) is 51.3. The molecule has 1 aliphatic carbocycles. The van der Waals surface area contributed by atoms with Gasteiger partial charge in [-0.2, -0.15) is 5.10 Å². The lowest BCUT2D eigenvalue weighted by Crippen LogP contribution is -2.47. The zero-order chi connectivity index (χ0) is 59.9. The van der Waals surface area contributed by atoms with E-state index in [-0.39, 0.29) is 49.1 Å². The molecule has 2 unspecified atom stereocenters. The molecule has 1 saturated carbocycles. The number of amides is 5. The molecule has 2 atom stereocenters. The van der Waals surface area contributed by atoms with Gasteiger partial charge >= 0.3 is 6.03 Å². The van der Waals surface area contributed by atoms with Crippen molar-refractivity contribution >= 4 is 73.8 Å². The molecule has 1 saturated heterocycles. The Labute approximate surface area is 507 Å². The molecule has 0 bridgehead atoms. The number of aliphatic imine (C=N–C) groups is 1. The normalized spacial score (nSPS) is 14.7. The molecule has 20 nitrogen and oxygen atoms in total. The van der Waals surface area contributed by atoms with Gasteiger partial charge in [-0.15, -0.1) is 11.3 Å². The quantitative estimate of drug-likeness (QED) is 0.0109. The smallest absolute Gasteiger partial charge is 0.325 e. The van der Waals surface area contributed by atoms with Crippen LogP contribution >= 0.6 is 27.3 Å². The molecule has 4 aromatic rings. The number of anilines is 2. The monoisotopic (exact) mass is 1240 g/mol. The fourth-order valence-electron chi connectivity index (χ4n) is 8.95. The van der Waals surface area contributed by atoms with Crippen LogP contribution in [0.3, 0.4) is 0 Å². The van der Waals surface area contributed by atoms with Crippen molar-refractivity contribution in [1.29, 1.82) is 0 Å². The van der Waals surface area contributed by atoms with Crippen molar-refractivity contribution in [2.45, 2.75) is 69.9 Å². The number of thiazole rings is 1. The van der Waals surface area contributed by atoms with Crippen molar-refractivity contribution in [2.75, 3.05) is 130 Å². The van der Waals surface area contributed by atoms with Crippen LogP contribution in [0.15, 0.2) is 130 Å². The van der Waals surface area contributed by atoms with Crippen molar-refractivity contribution in [3.8, 4) is 11.5 Å². The van der Waals surface area contributed by atoms with Crippen LogP contribution in [-0.4, -0.2) is 186 Å². The predicted octanol–water partition coefficient (Wildman–Crippen LogP) is 8.50. The van der Waals surface area contributed by atoms with Gasteiger partial charge in [0.05, 0.1) is 70.6 Å². The first-order valence-electron chi connectivity index (χ1n) is 28.7. The number of unbranched alkanes of at least 4 members (excludes halogenated alkanes) is 1. The van der Waals surface area contributed by atoms with Crippen LogP contribution in [-0.2, 0) is 35.0 Å². The summed E-state index contributed by atoms with van der Waals surface area (Å²) in [5.74, 6) is 6.70. The van der Waals surface area contributed by atoms with Gasteiger partial charge < -0.3 is 59.8 Å². The predicted molar refractivity (Wildman–Crippen MR) is 336 cm³/mol. The molecule has 6 rings (SSSR count). The fourth-order valence-corrected chi connectivity index (χ4v) is 9.92. The summed E-state index contributed by atoms with van der Waals surface area (Å²) >= 11 is 4.78. The molecule has 2 heterocycles. The van der Waals surface area contributed by atoms with Gasteiger partial charge in [-0.1, -0.05) is 78.5 Å². The van der Waals surface area contributed by atoms with Crippen LogP contribution < -0.4 is 31.3 Å².